The molecule has 0 spiro atoms. The van der Waals surface area contributed by atoms with Crippen LogP contribution in [0.5, 0.6) is 0 Å². The Balaban J connectivity index is 2.53. The van der Waals surface area contributed by atoms with Gasteiger partial charge in [-0.15, -0.1) is 0 Å². The van der Waals surface area contributed by atoms with Gasteiger partial charge in [0.25, 0.3) is 0 Å². The van der Waals surface area contributed by atoms with E-state index in [4.69, 9.17) is 0 Å². The molecule has 0 fully saturated rings. The first-order valence-corrected chi connectivity index (χ1v) is 5.79. The monoisotopic (exact) mass is 287 g/mol. The van der Waals surface area contributed by atoms with Crippen molar-refractivity contribution in [2.75, 3.05) is 19.0 Å². The van der Waals surface area contributed by atoms with Gasteiger partial charge < -0.3 is 10.1 Å². The molecule has 1 aromatic heterocycles. The maximum Gasteiger partial charge on any atom is 0.307 e. The van der Waals surface area contributed by atoms with Crippen molar-refractivity contribution in [3.8, 4) is 0 Å². The molecule has 5 nitrogen and oxygen atoms in total. The molecule has 1 aromatic rings. The van der Waals surface area contributed by atoms with Gasteiger partial charge >= 0.3 is 5.97 Å². The van der Waals surface area contributed by atoms with Crippen molar-refractivity contribution in [2.45, 2.75) is 19.8 Å². The summed E-state index contributed by atoms with van der Waals surface area (Å²) in [5, 5.41) is 3.04. The Morgan fingerprint density at radius 3 is 2.94 bits per heavy atom. The highest BCUT2D eigenvalue weighted by Crippen LogP contribution is 2.12. The van der Waals surface area contributed by atoms with E-state index in [1.54, 1.807) is 6.07 Å². The predicted octanol–water partition coefficient (Wildman–Crippen LogP) is 1.78. The average molecular weight is 288 g/mol. The number of aromatic nitrogens is 2. The fraction of sp³-hybridized carbons (Fsp3) is 0.500. The zero-order chi connectivity index (χ0) is 12.0. The number of aryl methyl sites for hydroxylation is 1. The first kappa shape index (κ1) is 12.9. The van der Waals surface area contributed by atoms with Gasteiger partial charge in [0.2, 0.25) is 0 Å². The lowest BCUT2D eigenvalue weighted by Crippen LogP contribution is -2.11. The number of carbonyl (C=O) groups excluding carboxylic acids is 1. The van der Waals surface area contributed by atoms with Gasteiger partial charge in [0.1, 0.15) is 16.2 Å². The maximum atomic E-state index is 10.9. The molecule has 0 bridgehead atoms. The topological polar surface area (TPSA) is 64.1 Å². The number of nitrogens with one attached hydrogen (secondary N) is 1. The van der Waals surface area contributed by atoms with Crippen LogP contribution in [0.3, 0.4) is 0 Å². The number of rotatable bonds is 5. The lowest BCUT2D eigenvalue weighted by Gasteiger charge is -2.06. The molecule has 1 heterocycles. The minimum Gasteiger partial charge on any atom is -0.469 e. The molecule has 0 saturated heterocycles. The molecule has 88 valence electrons. The highest BCUT2D eigenvalue weighted by atomic mass is 79.9. The first-order chi connectivity index (χ1) is 7.65. The van der Waals surface area contributed by atoms with Crippen molar-refractivity contribution in [1.29, 1.82) is 0 Å². The fourth-order valence-electron chi connectivity index (χ4n) is 1.11. The molecule has 0 atom stereocenters. The Hall–Kier alpha value is -1.17. The molecule has 16 heavy (non-hydrogen) atoms. The molecule has 0 aliphatic heterocycles. The zero-order valence-corrected chi connectivity index (χ0v) is 10.9. The number of nitrogens with zero attached hydrogens (tertiary/aromatic N) is 2. The molecule has 1 N–H and O–H groups in total. The minimum absolute atomic E-state index is 0.240. The second-order valence-corrected chi connectivity index (χ2v) is 3.91. The van der Waals surface area contributed by atoms with E-state index >= 15 is 0 Å². The van der Waals surface area contributed by atoms with Crippen LogP contribution in [0, 0.1) is 0 Å². The standard InChI is InChI=1S/C10H14BrN3O2/c1-3-8-13-7(11)6-9(14-8)12-5-4-10(15)16-2/h6H,3-5H2,1-2H3,(H,12,13,14). The summed E-state index contributed by atoms with van der Waals surface area (Å²) in [4.78, 5) is 19.3. The van der Waals surface area contributed by atoms with Gasteiger partial charge in [-0.25, -0.2) is 9.97 Å². The quantitative estimate of drug-likeness (QED) is 0.661. The highest BCUT2D eigenvalue weighted by molar-refractivity contribution is 9.10. The number of esters is 1. The van der Waals surface area contributed by atoms with Crippen molar-refractivity contribution in [2.24, 2.45) is 0 Å². The van der Waals surface area contributed by atoms with Crippen LogP contribution >= 0.6 is 15.9 Å². The van der Waals surface area contributed by atoms with Gasteiger partial charge in [-0.05, 0) is 15.9 Å². The second kappa shape index (κ2) is 6.42. The van der Waals surface area contributed by atoms with E-state index in [0.717, 1.165) is 16.8 Å². The summed E-state index contributed by atoms with van der Waals surface area (Å²) in [6, 6.07) is 1.77. The molecule has 6 heteroatoms. The average Bonchev–Trinajstić information content (AvgIpc) is 2.28. The Kier molecular flexibility index (Phi) is 5.18. The zero-order valence-electron chi connectivity index (χ0n) is 9.29. The summed E-state index contributed by atoms with van der Waals surface area (Å²) >= 11 is 3.31. The smallest absolute Gasteiger partial charge is 0.307 e. The van der Waals surface area contributed by atoms with E-state index in [9.17, 15) is 4.79 Å². The number of carbonyl (C=O) groups is 1. The number of hydrogen-bond donors (Lipinski definition) is 1. The lowest BCUT2D eigenvalue weighted by molar-refractivity contribution is -0.140. The third-order valence-corrected chi connectivity index (χ3v) is 2.33. The Bertz CT molecular complexity index is 371. The number of methoxy groups -OCH3 is 1. The van der Waals surface area contributed by atoms with Crippen molar-refractivity contribution >= 4 is 27.7 Å². The lowest BCUT2D eigenvalue weighted by atomic mass is 10.4. The molecular weight excluding hydrogens is 274 g/mol. The molecule has 0 amide bonds. The van der Waals surface area contributed by atoms with Crippen molar-refractivity contribution in [3.63, 3.8) is 0 Å². The Morgan fingerprint density at radius 2 is 2.31 bits per heavy atom. The van der Waals surface area contributed by atoms with Crippen LogP contribution in [0.4, 0.5) is 5.82 Å². The van der Waals surface area contributed by atoms with Gasteiger partial charge in [-0.3, -0.25) is 4.79 Å². The first-order valence-electron chi connectivity index (χ1n) is 5.00. The van der Waals surface area contributed by atoms with E-state index in [0.29, 0.717) is 18.8 Å². The van der Waals surface area contributed by atoms with Gasteiger partial charge in [-0.1, -0.05) is 6.92 Å². The molecule has 0 aliphatic rings. The van der Waals surface area contributed by atoms with Crippen LogP contribution in [0.15, 0.2) is 10.7 Å². The van der Waals surface area contributed by atoms with E-state index in [1.807, 2.05) is 6.92 Å². The maximum absolute atomic E-state index is 10.9. The molecule has 0 saturated carbocycles. The fourth-order valence-corrected chi connectivity index (χ4v) is 1.53. The normalized spacial score (nSPS) is 9.94. The van der Waals surface area contributed by atoms with Crippen LogP contribution in [-0.4, -0.2) is 29.6 Å². The molecule has 0 aromatic carbocycles. The number of hydrogen-bond acceptors (Lipinski definition) is 5. The van der Waals surface area contributed by atoms with Gasteiger partial charge in [0.15, 0.2) is 0 Å². The third kappa shape index (κ3) is 4.14. The Morgan fingerprint density at radius 1 is 1.56 bits per heavy atom. The van der Waals surface area contributed by atoms with Crippen LogP contribution in [0.25, 0.3) is 0 Å². The second-order valence-electron chi connectivity index (χ2n) is 3.10. The van der Waals surface area contributed by atoms with Crippen molar-refractivity contribution < 1.29 is 9.53 Å². The predicted molar refractivity (Wildman–Crippen MR) is 64.2 cm³/mol. The van der Waals surface area contributed by atoms with E-state index in [-0.39, 0.29) is 5.97 Å². The largest absolute Gasteiger partial charge is 0.469 e. The molecule has 0 aliphatic carbocycles. The summed E-state index contributed by atoms with van der Waals surface area (Å²) in [6.45, 7) is 2.49. The third-order valence-electron chi connectivity index (χ3n) is 1.92. The molecular formula is C10H14BrN3O2. The summed E-state index contributed by atoms with van der Waals surface area (Å²) < 4.78 is 5.27. The minimum atomic E-state index is -0.240. The summed E-state index contributed by atoms with van der Waals surface area (Å²) in [6.07, 6.45) is 1.09. The van der Waals surface area contributed by atoms with Gasteiger partial charge in [0.05, 0.1) is 13.5 Å². The Labute approximate surface area is 103 Å². The van der Waals surface area contributed by atoms with Crippen LogP contribution in [0.1, 0.15) is 19.2 Å². The van der Waals surface area contributed by atoms with Gasteiger partial charge in [-0.2, -0.15) is 0 Å². The molecule has 0 radical (unpaired) electrons. The van der Waals surface area contributed by atoms with E-state index in [2.05, 4.69) is 36.0 Å². The molecule has 0 unspecified atom stereocenters. The van der Waals surface area contributed by atoms with Crippen molar-refractivity contribution in [3.05, 3.63) is 16.5 Å². The number of anilines is 1. The van der Waals surface area contributed by atoms with Crippen molar-refractivity contribution in [1.82, 2.24) is 9.97 Å². The highest BCUT2D eigenvalue weighted by Gasteiger charge is 2.03. The van der Waals surface area contributed by atoms with E-state index < -0.39 is 0 Å². The van der Waals surface area contributed by atoms with E-state index in [1.165, 1.54) is 7.11 Å². The van der Waals surface area contributed by atoms with Crippen LogP contribution in [-0.2, 0) is 16.0 Å². The summed E-state index contributed by atoms with van der Waals surface area (Å²) in [5.74, 6) is 1.23. The SMILES string of the molecule is CCc1nc(Br)cc(NCCC(=O)OC)n1. The number of halogens is 1. The van der Waals surface area contributed by atoms with Gasteiger partial charge in [0, 0.05) is 19.0 Å². The summed E-state index contributed by atoms with van der Waals surface area (Å²) in [7, 11) is 1.37. The summed E-state index contributed by atoms with van der Waals surface area (Å²) in [5.41, 5.74) is 0. The van der Waals surface area contributed by atoms with Crippen LogP contribution < -0.4 is 5.32 Å². The van der Waals surface area contributed by atoms with Crippen LogP contribution in [0.2, 0.25) is 0 Å². The molecule has 1 rings (SSSR count). The number of ether oxygens (including phenoxy) is 1.